The van der Waals surface area contributed by atoms with Crippen molar-refractivity contribution < 1.29 is 14.3 Å². The fourth-order valence-corrected chi connectivity index (χ4v) is 2.91. The molecule has 0 radical (unpaired) electrons. The van der Waals surface area contributed by atoms with E-state index in [4.69, 9.17) is 16.3 Å². The maximum Gasteiger partial charge on any atom is 0.307 e. The van der Waals surface area contributed by atoms with Crippen molar-refractivity contribution in [1.29, 1.82) is 0 Å². The lowest BCUT2D eigenvalue weighted by atomic mass is 10.0. The number of aromatic nitrogens is 2. The molecule has 0 aliphatic rings. The van der Waals surface area contributed by atoms with Crippen LogP contribution in [0, 0.1) is 0 Å². The number of nitrogens with zero attached hydrogens (tertiary/aromatic N) is 1. The van der Waals surface area contributed by atoms with Crippen molar-refractivity contribution in [2.45, 2.75) is 12.5 Å². The number of rotatable bonds is 5. The van der Waals surface area contributed by atoms with Crippen LogP contribution in [0.25, 0.3) is 10.9 Å². The molecule has 1 atom stereocenters. The Labute approximate surface area is 149 Å². The van der Waals surface area contributed by atoms with Gasteiger partial charge in [0.1, 0.15) is 0 Å². The van der Waals surface area contributed by atoms with Gasteiger partial charge in [-0.05, 0) is 17.7 Å². The zero-order valence-electron chi connectivity index (χ0n) is 13.5. The first-order valence-electron chi connectivity index (χ1n) is 7.64. The third-order valence-corrected chi connectivity index (χ3v) is 4.25. The minimum atomic E-state index is -0.605. The molecule has 0 spiro atoms. The number of amides is 1. The second-order valence-electron chi connectivity index (χ2n) is 5.47. The number of carbonyl (C=O) groups excluding carboxylic acids is 2. The second kappa shape index (κ2) is 7.36. The third kappa shape index (κ3) is 3.64. The zero-order chi connectivity index (χ0) is 17.8. The summed E-state index contributed by atoms with van der Waals surface area (Å²) in [5.41, 5.74) is 1.73. The van der Waals surface area contributed by atoms with Crippen molar-refractivity contribution in [2.24, 2.45) is 0 Å². The summed E-state index contributed by atoms with van der Waals surface area (Å²) in [4.78, 5) is 24.5. The lowest BCUT2D eigenvalue weighted by molar-refractivity contribution is -0.141. The van der Waals surface area contributed by atoms with Gasteiger partial charge in [-0.15, -0.1) is 0 Å². The van der Waals surface area contributed by atoms with Crippen LogP contribution in [0.1, 0.15) is 28.4 Å². The Kier molecular flexibility index (Phi) is 5.00. The first-order chi connectivity index (χ1) is 12.1. The minimum absolute atomic E-state index is 0.0229. The van der Waals surface area contributed by atoms with E-state index in [-0.39, 0.29) is 12.3 Å². The molecule has 0 saturated heterocycles. The van der Waals surface area contributed by atoms with Crippen LogP contribution in [0.5, 0.6) is 0 Å². The summed E-state index contributed by atoms with van der Waals surface area (Å²) in [7, 11) is 1.30. The number of aromatic amines is 1. The molecular formula is C18H16ClN3O3. The molecule has 2 N–H and O–H groups in total. The number of methoxy groups -OCH3 is 1. The van der Waals surface area contributed by atoms with Crippen LogP contribution in [0.3, 0.4) is 0 Å². The van der Waals surface area contributed by atoms with Gasteiger partial charge in [-0.3, -0.25) is 14.7 Å². The molecule has 0 aliphatic heterocycles. The lowest BCUT2D eigenvalue weighted by Crippen LogP contribution is -2.30. The van der Waals surface area contributed by atoms with E-state index in [9.17, 15) is 9.59 Å². The van der Waals surface area contributed by atoms with Crippen LogP contribution < -0.4 is 5.32 Å². The van der Waals surface area contributed by atoms with E-state index < -0.39 is 12.0 Å². The monoisotopic (exact) mass is 357 g/mol. The topological polar surface area (TPSA) is 84.1 Å². The average molecular weight is 358 g/mol. The predicted octanol–water partition coefficient (Wildman–Crippen LogP) is 3.25. The molecule has 7 heteroatoms. The molecule has 2 aromatic carbocycles. The van der Waals surface area contributed by atoms with Crippen LogP contribution >= 0.6 is 11.6 Å². The molecule has 3 rings (SSSR count). The minimum Gasteiger partial charge on any atom is -0.469 e. The van der Waals surface area contributed by atoms with Gasteiger partial charge in [-0.25, -0.2) is 0 Å². The average Bonchev–Trinajstić information content (AvgIpc) is 3.10. The number of benzene rings is 2. The van der Waals surface area contributed by atoms with E-state index in [1.807, 2.05) is 6.07 Å². The van der Waals surface area contributed by atoms with Crippen molar-refractivity contribution in [2.75, 3.05) is 7.11 Å². The van der Waals surface area contributed by atoms with Gasteiger partial charge in [0.15, 0.2) is 0 Å². The standard InChI is InChI=1S/C18H16ClN3O3/c1-25-16(23)9-15(12-6-2-3-8-14(12)19)21-18(24)13-7-4-5-11-10-20-22-17(11)13/h2-8,10,15H,9H2,1H3,(H,20,22)(H,21,24). The fraction of sp³-hybridized carbons (Fsp3) is 0.167. The van der Waals surface area contributed by atoms with Gasteiger partial charge in [0.2, 0.25) is 0 Å². The van der Waals surface area contributed by atoms with Gasteiger partial charge < -0.3 is 10.1 Å². The predicted molar refractivity (Wildman–Crippen MR) is 94.4 cm³/mol. The van der Waals surface area contributed by atoms with Gasteiger partial charge in [0, 0.05) is 10.4 Å². The molecule has 3 aromatic rings. The van der Waals surface area contributed by atoms with Crippen LogP contribution in [0.15, 0.2) is 48.7 Å². The second-order valence-corrected chi connectivity index (χ2v) is 5.87. The summed E-state index contributed by atoms with van der Waals surface area (Å²) in [5, 5.41) is 10.9. The first kappa shape index (κ1) is 17.0. The summed E-state index contributed by atoms with van der Waals surface area (Å²) < 4.78 is 4.74. The smallest absolute Gasteiger partial charge is 0.307 e. The van der Waals surface area contributed by atoms with E-state index in [0.717, 1.165) is 5.39 Å². The van der Waals surface area contributed by atoms with Crippen LogP contribution in [0.4, 0.5) is 0 Å². The van der Waals surface area contributed by atoms with Crippen LogP contribution in [0.2, 0.25) is 5.02 Å². The molecule has 1 amide bonds. The maximum absolute atomic E-state index is 12.8. The Morgan fingerprint density at radius 1 is 1.24 bits per heavy atom. The van der Waals surface area contributed by atoms with Gasteiger partial charge in [0.05, 0.1) is 36.8 Å². The summed E-state index contributed by atoms with van der Waals surface area (Å²) >= 11 is 6.23. The van der Waals surface area contributed by atoms with E-state index in [1.54, 1.807) is 42.6 Å². The molecule has 0 aliphatic carbocycles. The van der Waals surface area contributed by atoms with E-state index in [2.05, 4.69) is 15.5 Å². The highest BCUT2D eigenvalue weighted by atomic mass is 35.5. The molecule has 1 aromatic heterocycles. The number of halogens is 1. The Hall–Kier alpha value is -2.86. The van der Waals surface area contributed by atoms with Crippen molar-refractivity contribution in [3.8, 4) is 0 Å². The van der Waals surface area contributed by atoms with Gasteiger partial charge in [-0.1, -0.05) is 41.9 Å². The van der Waals surface area contributed by atoms with E-state index >= 15 is 0 Å². The maximum atomic E-state index is 12.8. The summed E-state index contributed by atoms with van der Waals surface area (Å²) in [5.74, 6) is -0.770. The van der Waals surface area contributed by atoms with Crippen molar-refractivity contribution in [3.63, 3.8) is 0 Å². The molecule has 25 heavy (non-hydrogen) atoms. The Morgan fingerprint density at radius 3 is 2.80 bits per heavy atom. The highest BCUT2D eigenvalue weighted by Gasteiger charge is 2.22. The van der Waals surface area contributed by atoms with E-state index in [0.29, 0.717) is 21.7 Å². The molecule has 0 fully saturated rings. The number of carbonyl (C=O) groups is 2. The first-order valence-corrected chi connectivity index (χ1v) is 8.02. The van der Waals surface area contributed by atoms with Crippen LogP contribution in [-0.2, 0) is 9.53 Å². The number of hydrogen-bond donors (Lipinski definition) is 2. The normalized spacial score (nSPS) is 11.9. The Bertz CT molecular complexity index is 923. The third-order valence-electron chi connectivity index (χ3n) is 3.91. The largest absolute Gasteiger partial charge is 0.469 e. The van der Waals surface area contributed by atoms with Crippen molar-refractivity contribution in [3.05, 3.63) is 64.8 Å². The molecule has 0 bridgehead atoms. The SMILES string of the molecule is COC(=O)CC(NC(=O)c1cccc2cn[nH]c12)c1ccccc1Cl. The molecule has 1 heterocycles. The zero-order valence-corrected chi connectivity index (χ0v) is 14.2. The lowest BCUT2D eigenvalue weighted by Gasteiger charge is -2.19. The van der Waals surface area contributed by atoms with E-state index in [1.165, 1.54) is 7.11 Å². The molecular weight excluding hydrogens is 342 g/mol. The number of nitrogens with one attached hydrogen (secondary N) is 2. The quantitative estimate of drug-likeness (QED) is 0.686. The summed E-state index contributed by atoms with van der Waals surface area (Å²) in [6.45, 7) is 0. The number of esters is 1. The summed E-state index contributed by atoms with van der Waals surface area (Å²) in [6, 6.07) is 11.8. The molecule has 0 saturated carbocycles. The fourth-order valence-electron chi connectivity index (χ4n) is 2.64. The highest BCUT2D eigenvalue weighted by Crippen LogP contribution is 2.26. The van der Waals surface area contributed by atoms with Gasteiger partial charge >= 0.3 is 5.97 Å². The number of para-hydroxylation sites is 1. The Balaban J connectivity index is 1.92. The number of fused-ring (bicyclic) bond motifs is 1. The van der Waals surface area contributed by atoms with Crippen LogP contribution in [-0.4, -0.2) is 29.2 Å². The Morgan fingerprint density at radius 2 is 2.04 bits per heavy atom. The highest BCUT2D eigenvalue weighted by molar-refractivity contribution is 6.31. The molecule has 128 valence electrons. The molecule has 1 unspecified atom stereocenters. The van der Waals surface area contributed by atoms with Gasteiger partial charge in [-0.2, -0.15) is 5.10 Å². The number of hydrogen-bond acceptors (Lipinski definition) is 4. The number of ether oxygens (including phenoxy) is 1. The van der Waals surface area contributed by atoms with Gasteiger partial charge in [0.25, 0.3) is 5.91 Å². The summed E-state index contributed by atoms with van der Waals surface area (Å²) in [6.07, 6.45) is 1.62. The molecule has 6 nitrogen and oxygen atoms in total. The van der Waals surface area contributed by atoms with Crippen molar-refractivity contribution in [1.82, 2.24) is 15.5 Å². The number of H-pyrrole nitrogens is 1. The van der Waals surface area contributed by atoms with Crippen molar-refractivity contribution >= 4 is 34.4 Å².